The summed E-state index contributed by atoms with van der Waals surface area (Å²) in [6, 6.07) is 13.5. The summed E-state index contributed by atoms with van der Waals surface area (Å²) in [7, 11) is 0. The van der Waals surface area contributed by atoms with Crippen molar-refractivity contribution >= 4 is 12.0 Å². The Balaban J connectivity index is 1.12. The average Bonchev–Trinajstić information content (AvgIpc) is 3.31. The van der Waals surface area contributed by atoms with Crippen LogP contribution < -0.4 is 5.69 Å². The second kappa shape index (κ2) is 14.7. The molecule has 3 aliphatic rings. The van der Waals surface area contributed by atoms with E-state index in [2.05, 4.69) is 15.0 Å². The fraction of sp³-hybridized carbons (Fsp3) is 0.543. The van der Waals surface area contributed by atoms with Gasteiger partial charge < -0.3 is 24.4 Å². The van der Waals surface area contributed by atoms with Gasteiger partial charge in [-0.3, -0.25) is 14.7 Å². The number of piperidine rings is 1. The van der Waals surface area contributed by atoms with Gasteiger partial charge in [-0.2, -0.15) is 0 Å². The number of benzene rings is 2. The molecule has 6 rings (SSSR count). The van der Waals surface area contributed by atoms with Crippen LogP contribution in [-0.4, -0.2) is 111 Å². The minimum Gasteiger partial charge on any atom is -0.507 e. The molecule has 12 heteroatoms. The highest BCUT2D eigenvalue weighted by Crippen LogP contribution is 2.26. The molecule has 2 N–H and O–H groups in total. The quantitative estimate of drug-likeness (QED) is 0.398. The van der Waals surface area contributed by atoms with Crippen molar-refractivity contribution in [1.82, 2.24) is 29.5 Å². The largest absolute Gasteiger partial charge is 0.507 e. The van der Waals surface area contributed by atoms with Crippen LogP contribution in [0, 0.1) is 13.8 Å². The molecule has 3 fully saturated rings. The zero-order valence-electron chi connectivity index (χ0n) is 27.4. The average molecular weight is 647 g/mol. The van der Waals surface area contributed by atoms with Gasteiger partial charge in [-0.15, -0.1) is 5.10 Å². The van der Waals surface area contributed by atoms with Crippen molar-refractivity contribution < 1.29 is 24.2 Å². The molecule has 2 aromatic carbocycles. The van der Waals surface area contributed by atoms with E-state index in [4.69, 9.17) is 9.47 Å². The third-order valence-electron chi connectivity index (χ3n) is 9.80. The Kier molecular flexibility index (Phi) is 10.3. The van der Waals surface area contributed by atoms with E-state index in [-0.39, 0.29) is 29.8 Å². The number of phenolic OH excluding ortho intramolecular Hbond substituents is 1. The Labute approximate surface area is 275 Å². The molecule has 0 bridgehead atoms. The molecule has 0 radical (unpaired) electrons. The lowest BCUT2D eigenvalue weighted by Crippen LogP contribution is -2.48. The van der Waals surface area contributed by atoms with Gasteiger partial charge in [0.2, 0.25) is 0 Å². The Hall–Kier alpha value is -4.16. The number of hydrogen-bond donors (Lipinski definition) is 2. The molecule has 0 aliphatic carbocycles. The van der Waals surface area contributed by atoms with Crippen LogP contribution in [0.25, 0.3) is 11.4 Å². The first kappa shape index (κ1) is 32.8. The van der Waals surface area contributed by atoms with Crippen LogP contribution in [0.3, 0.4) is 0 Å². The third-order valence-corrected chi connectivity index (χ3v) is 9.80. The summed E-state index contributed by atoms with van der Waals surface area (Å²) in [5.41, 5.74) is 2.81. The maximum atomic E-state index is 14.1. The summed E-state index contributed by atoms with van der Waals surface area (Å²) in [6.45, 7) is 8.85. The van der Waals surface area contributed by atoms with Gasteiger partial charge in [0.1, 0.15) is 5.75 Å². The minimum absolute atomic E-state index is 0.156. The number of phenols is 1. The van der Waals surface area contributed by atoms with E-state index in [1.165, 1.54) is 4.68 Å². The van der Waals surface area contributed by atoms with Crippen LogP contribution in [0.15, 0.2) is 47.3 Å². The first-order chi connectivity index (χ1) is 22.8. The van der Waals surface area contributed by atoms with Gasteiger partial charge in [0.05, 0.1) is 6.04 Å². The van der Waals surface area contributed by atoms with Crippen molar-refractivity contribution in [2.45, 2.75) is 70.6 Å². The third kappa shape index (κ3) is 7.70. The molecule has 47 heavy (non-hydrogen) atoms. The number of nitrogens with one attached hydrogen (secondary N) is 1. The lowest BCUT2D eigenvalue weighted by molar-refractivity contribution is -0.140. The zero-order valence-corrected chi connectivity index (χ0v) is 27.4. The van der Waals surface area contributed by atoms with Crippen molar-refractivity contribution in [3.05, 3.63) is 69.6 Å². The second-order valence-electron chi connectivity index (χ2n) is 13.0. The number of carbonyl (C=O) groups excluding carboxylic acids is 2. The Morgan fingerprint density at radius 3 is 2.34 bits per heavy atom. The first-order valence-electron chi connectivity index (χ1n) is 16.9. The highest BCUT2D eigenvalue weighted by atomic mass is 16.6. The lowest BCUT2D eigenvalue weighted by atomic mass is 10.0. The van der Waals surface area contributed by atoms with E-state index >= 15 is 0 Å². The van der Waals surface area contributed by atoms with Crippen molar-refractivity contribution in [1.29, 1.82) is 0 Å². The molecule has 3 aromatic rings. The van der Waals surface area contributed by atoms with Crippen LogP contribution >= 0.6 is 0 Å². The molecule has 12 nitrogen and oxygen atoms in total. The number of H-pyrrole nitrogens is 1. The van der Waals surface area contributed by atoms with Crippen molar-refractivity contribution in [3.63, 3.8) is 0 Å². The van der Waals surface area contributed by atoms with E-state index in [1.807, 2.05) is 61.2 Å². The van der Waals surface area contributed by atoms with E-state index < -0.39 is 12.2 Å². The number of ether oxygens (including phenoxy) is 2. The van der Waals surface area contributed by atoms with E-state index in [1.54, 1.807) is 4.90 Å². The number of aryl methyl sites for hydroxylation is 2. The number of amides is 2. The predicted molar refractivity (Wildman–Crippen MR) is 176 cm³/mol. The summed E-state index contributed by atoms with van der Waals surface area (Å²) in [5.74, 6) is 0.550. The number of likely N-dealkylation sites (tertiary alicyclic amines) is 1. The molecule has 1 aromatic heterocycles. The predicted octanol–water partition coefficient (Wildman–Crippen LogP) is 3.66. The van der Waals surface area contributed by atoms with Crippen LogP contribution in [0.4, 0.5) is 4.79 Å². The Morgan fingerprint density at radius 2 is 1.64 bits per heavy atom. The van der Waals surface area contributed by atoms with E-state index in [9.17, 15) is 19.5 Å². The summed E-state index contributed by atoms with van der Waals surface area (Å²) in [6.07, 6.45) is 2.63. The maximum Gasteiger partial charge on any atom is 0.410 e. The van der Waals surface area contributed by atoms with Gasteiger partial charge in [0.25, 0.3) is 5.91 Å². The maximum absolute atomic E-state index is 14.1. The fourth-order valence-electron chi connectivity index (χ4n) is 7.13. The van der Waals surface area contributed by atoms with Crippen LogP contribution in [0.2, 0.25) is 0 Å². The SMILES string of the molecule is Cc1cc(C[C@@H](OC(=O)N2CCC(n3nc(-c4ccccc4)[nH]c3=O)CC2)C(=O)N2CCCN(C3CCOCC3)CC2)cc(C)c1O. The number of nitrogens with zero attached hydrogens (tertiary/aromatic N) is 5. The van der Waals surface area contributed by atoms with Crippen molar-refractivity contribution in [2.24, 2.45) is 0 Å². The van der Waals surface area contributed by atoms with Crippen molar-refractivity contribution in [3.8, 4) is 17.1 Å². The number of rotatable bonds is 7. The summed E-state index contributed by atoms with van der Waals surface area (Å²) in [5, 5.41) is 14.9. The van der Waals surface area contributed by atoms with Gasteiger partial charge >= 0.3 is 11.8 Å². The Morgan fingerprint density at radius 1 is 0.936 bits per heavy atom. The van der Waals surface area contributed by atoms with Gasteiger partial charge in [0.15, 0.2) is 11.9 Å². The number of hydrogen-bond acceptors (Lipinski definition) is 8. The lowest BCUT2D eigenvalue weighted by Gasteiger charge is -2.34. The molecular formula is C35H46N6O6. The first-order valence-corrected chi connectivity index (χ1v) is 16.9. The van der Waals surface area contributed by atoms with Crippen molar-refractivity contribution in [2.75, 3.05) is 52.5 Å². The topological polar surface area (TPSA) is 133 Å². The highest BCUT2D eigenvalue weighted by Gasteiger charge is 2.34. The molecule has 4 heterocycles. The monoisotopic (exact) mass is 646 g/mol. The van der Waals surface area contributed by atoms with Gasteiger partial charge in [0, 0.05) is 70.5 Å². The molecule has 252 valence electrons. The van der Waals surface area contributed by atoms with Crippen LogP contribution in [-0.2, 0) is 20.7 Å². The summed E-state index contributed by atoms with van der Waals surface area (Å²) >= 11 is 0. The summed E-state index contributed by atoms with van der Waals surface area (Å²) < 4.78 is 13.1. The standard InChI is InChI=1S/C35H46N6O6/c1-24-21-26(22-25(2)31(24)42)23-30(33(43)39-14-6-13-38(17-18-39)28-11-19-46-20-12-28)47-35(45)40-15-9-29(10-16-40)41-34(44)36-32(37-41)27-7-4-3-5-8-27/h3-5,7-8,21-22,28-30,42H,6,9-20,23H2,1-2H3,(H,36,37,44)/t30-/m1/s1. The minimum atomic E-state index is -0.999. The zero-order chi connectivity index (χ0) is 32.9. The van der Waals surface area contributed by atoms with Gasteiger partial charge in [-0.25, -0.2) is 14.3 Å². The molecule has 2 amide bonds. The summed E-state index contributed by atoms with van der Waals surface area (Å²) in [4.78, 5) is 49.2. The van der Waals surface area contributed by atoms with Crippen LogP contribution in [0.1, 0.15) is 54.8 Å². The highest BCUT2D eigenvalue weighted by molar-refractivity contribution is 5.84. The fourth-order valence-corrected chi connectivity index (χ4v) is 7.13. The molecule has 0 spiro atoms. The second-order valence-corrected chi connectivity index (χ2v) is 13.0. The smallest absolute Gasteiger partial charge is 0.410 e. The van der Waals surface area contributed by atoms with Gasteiger partial charge in [-0.05, 0) is 62.6 Å². The number of aromatic nitrogens is 3. The Bertz CT molecular complexity index is 1570. The molecule has 3 saturated heterocycles. The molecular weight excluding hydrogens is 600 g/mol. The number of aromatic amines is 1. The number of aromatic hydroxyl groups is 1. The molecule has 1 atom stereocenters. The van der Waals surface area contributed by atoms with Crippen LogP contribution in [0.5, 0.6) is 5.75 Å². The van der Waals surface area contributed by atoms with E-state index in [0.29, 0.717) is 62.0 Å². The molecule has 0 unspecified atom stereocenters. The molecule has 0 saturated carbocycles. The molecule has 3 aliphatic heterocycles. The van der Waals surface area contributed by atoms with Gasteiger partial charge in [-0.1, -0.05) is 42.5 Å². The normalized spacial score (nSPS) is 19.4. The van der Waals surface area contributed by atoms with E-state index in [0.717, 1.165) is 56.7 Å². The number of carbonyl (C=O) groups is 2.